The first-order chi connectivity index (χ1) is 11.0. The third kappa shape index (κ3) is 6.23. The second kappa shape index (κ2) is 8.93. The molecule has 0 bridgehead atoms. The molecule has 7 heteroatoms. The monoisotopic (exact) mass is 340 g/mol. The van der Waals surface area contributed by atoms with E-state index in [1.807, 2.05) is 0 Å². The van der Waals surface area contributed by atoms with Gasteiger partial charge in [0.15, 0.2) is 5.96 Å². The zero-order valence-corrected chi connectivity index (χ0v) is 14.5. The molecular formula is C16H25ClN4O2. The number of guanidine groups is 1. The molecular weight excluding hydrogens is 316 g/mol. The van der Waals surface area contributed by atoms with E-state index in [9.17, 15) is 0 Å². The van der Waals surface area contributed by atoms with Gasteiger partial charge in [-0.15, -0.1) is 0 Å². The Morgan fingerprint density at radius 1 is 1.61 bits per heavy atom. The highest BCUT2D eigenvalue weighted by molar-refractivity contribution is 6.31. The number of nitrogens with two attached hydrogens (primary N) is 1. The van der Waals surface area contributed by atoms with Gasteiger partial charge in [-0.3, -0.25) is 0 Å². The first kappa shape index (κ1) is 17.8. The summed E-state index contributed by atoms with van der Waals surface area (Å²) in [5.74, 6) is 1.28. The summed E-state index contributed by atoms with van der Waals surface area (Å²) in [6.45, 7) is 6.67. The number of nitrogens with zero attached hydrogens (tertiary/aromatic N) is 2. The Morgan fingerprint density at radius 2 is 2.43 bits per heavy atom. The standard InChI is InChI=1S/C16H25ClN4O2/c1-11(2)10-23-15-14(17)6-12(7-19-15)8-20-16(18)21-9-13-4-3-5-22-13/h6-7,11,13H,3-5,8-10H2,1-2H3,(H3,18,20,21). The molecule has 1 aliphatic rings. The first-order valence-electron chi connectivity index (χ1n) is 7.97. The van der Waals surface area contributed by atoms with Gasteiger partial charge in [-0.2, -0.15) is 0 Å². The minimum atomic E-state index is 0.234. The molecule has 1 saturated heterocycles. The van der Waals surface area contributed by atoms with Gasteiger partial charge in [0.1, 0.15) is 5.02 Å². The summed E-state index contributed by atoms with van der Waals surface area (Å²) in [4.78, 5) is 8.52. The molecule has 1 atom stereocenters. The van der Waals surface area contributed by atoms with E-state index in [4.69, 9.17) is 26.8 Å². The van der Waals surface area contributed by atoms with E-state index in [-0.39, 0.29) is 6.10 Å². The smallest absolute Gasteiger partial charge is 0.232 e. The number of ether oxygens (including phenoxy) is 2. The van der Waals surface area contributed by atoms with Crippen LogP contribution in [0.4, 0.5) is 0 Å². The lowest BCUT2D eigenvalue weighted by Gasteiger charge is -2.11. The molecule has 6 nitrogen and oxygen atoms in total. The van der Waals surface area contributed by atoms with E-state index >= 15 is 0 Å². The SMILES string of the molecule is CC(C)COc1ncc(CN=C(N)NCC2CCCO2)cc1Cl. The number of nitrogens with one attached hydrogen (secondary N) is 1. The Hall–Kier alpha value is -1.53. The van der Waals surface area contributed by atoms with Gasteiger partial charge in [0.2, 0.25) is 5.88 Å². The van der Waals surface area contributed by atoms with E-state index in [2.05, 4.69) is 29.1 Å². The molecule has 1 aromatic rings. The number of hydrogen-bond acceptors (Lipinski definition) is 4. The summed E-state index contributed by atoms with van der Waals surface area (Å²) in [5.41, 5.74) is 6.74. The maximum atomic E-state index is 6.18. The number of halogens is 1. The summed E-state index contributed by atoms with van der Waals surface area (Å²) in [7, 11) is 0. The van der Waals surface area contributed by atoms with Crippen molar-refractivity contribution >= 4 is 17.6 Å². The third-order valence-corrected chi connectivity index (χ3v) is 3.66. The minimum Gasteiger partial charge on any atom is -0.476 e. The number of aromatic nitrogens is 1. The highest BCUT2D eigenvalue weighted by Crippen LogP contribution is 2.23. The van der Waals surface area contributed by atoms with Crippen LogP contribution in [0.2, 0.25) is 5.02 Å². The average molecular weight is 341 g/mol. The fourth-order valence-electron chi connectivity index (χ4n) is 2.16. The van der Waals surface area contributed by atoms with Gasteiger partial charge in [-0.25, -0.2) is 9.98 Å². The van der Waals surface area contributed by atoms with Crippen LogP contribution in [0.25, 0.3) is 0 Å². The maximum absolute atomic E-state index is 6.18. The van der Waals surface area contributed by atoms with Crippen LogP contribution in [0.1, 0.15) is 32.3 Å². The third-order valence-electron chi connectivity index (χ3n) is 3.38. The summed E-state index contributed by atoms with van der Waals surface area (Å²) in [5, 5.41) is 3.57. The van der Waals surface area contributed by atoms with Gasteiger partial charge in [-0.05, 0) is 30.4 Å². The molecule has 1 unspecified atom stereocenters. The zero-order valence-electron chi connectivity index (χ0n) is 13.7. The molecule has 1 aromatic heterocycles. The Bertz CT molecular complexity index is 531. The molecule has 0 aromatic carbocycles. The van der Waals surface area contributed by atoms with E-state index < -0.39 is 0 Å². The number of pyridine rings is 1. The first-order valence-corrected chi connectivity index (χ1v) is 8.35. The zero-order chi connectivity index (χ0) is 16.7. The van der Waals surface area contributed by atoms with Crippen LogP contribution in [0.15, 0.2) is 17.3 Å². The molecule has 0 aliphatic carbocycles. The molecule has 0 spiro atoms. The highest BCUT2D eigenvalue weighted by Gasteiger charge is 2.14. The minimum absolute atomic E-state index is 0.234. The molecule has 0 amide bonds. The predicted molar refractivity (Wildman–Crippen MR) is 91.9 cm³/mol. The average Bonchev–Trinajstić information content (AvgIpc) is 3.03. The maximum Gasteiger partial charge on any atom is 0.232 e. The van der Waals surface area contributed by atoms with Crippen molar-refractivity contribution in [3.8, 4) is 5.88 Å². The van der Waals surface area contributed by atoms with Gasteiger partial charge in [0.25, 0.3) is 0 Å². The number of hydrogen-bond donors (Lipinski definition) is 2. The second-order valence-electron chi connectivity index (χ2n) is 6.05. The lowest BCUT2D eigenvalue weighted by atomic mass is 10.2. The van der Waals surface area contributed by atoms with Crippen molar-refractivity contribution < 1.29 is 9.47 Å². The molecule has 2 rings (SSSR count). The van der Waals surface area contributed by atoms with Crippen LogP contribution in [0.3, 0.4) is 0 Å². The molecule has 128 valence electrons. The van der Waals surface area contributed by atoms with E-state index in [0.29, 0.717) is 42.5 Å². The van der Waals surface area contributed by atoms with E-state index in [0.717, 1.165) is 25.0 Å². The number of aliphatic imine (C=N–C) groups is 1. The van der Waals surface area contributed by atoms with E-state index in [1.165, 1.54) is 0 Å². The van der Waals surface area contributed by atoms with Crippen LogP contribution < -0.4 is 15.8 Å². The van der Waals surface area contributed by atoms with Gasteiger partial charge in [0, 0.05) is 19.3 Å². The Morgan fingerprint density at radius 3 is 3.09 bits per heavy atom. The summed E-state index contributed by atoms with van der Waals surface area (Å²) in [6, 6.07) is 1.81. The Labute approximate surface area is 142 Å². The van der Waals surface area contributed by atoms with Crippen LogP contribution in [0.5, 0.6) is 5.88 Å². The largest absolute Gasteiger partial charge is 0.476 e. The predicted octanol–water partition coefficient (Wildman–Crippen LogP) is 2.35. The lowest BCUT2D eigenvalue weighted by Crippen LogP contribution is -2.37. The summed E-state index contributed by atoms with van der Waals surface area (Å²) in [6.07, 6.45) is 4.12. The van der Waals surface area contributed by atoms with Crippen LogP contribution in [0, 0.1) is 5.92 Å². The topological polar surface area (TPSA) is 81.8 Å². The normalized spacial score (nSPS) is 18.4. The van der Waals surface area contributed by atoms with Gasteiger partial charge in [-0.1, -0.05) is 25.4 Å². The van der Waals surface area contributed by atoms with Crippen molar-refractivity contribution in [2.75, 3.05) is 19.8 Å². The Balaban J connectivity index is 1.81. The van der Waals surface area contributed by atoms with Crippen LogP contribution in [-0.2, 0) is 11.3 Å². The quantitative estimate of drug-likeness (QED) is 0.588. The summed E-state index contributed by atoms with van der Waals surface area (Å²) < 4.78 is 11.1. The molecule has 3 N–H and O–H groups in total. The van der Waals surface area contributed by atoms with Crippen LogP contribution >= 0.6 is 11.6 Å². The van der Waals surface area contributed by atoms with Gasteiger partial charge >= 0.3 is 0 Å². The second-order valence-corrected chi connectivity index (χ2v) is 6.46. The highest BCUT2D eigenvalue weighted by atomic mass is 35.5. The lowest BCUT2D eigenvalue weighted by molar-refractivity contribution is 0.114. The van der Waals surface area contributed by atoms with Crippen molar-refractivity contribution in [2.45, 2.75) is 39.3 Å². The van der Waals surface area contributed by atoms with Crippen molar-refractivity contribution in [3.05, 3.63) is 22.8 Å². The Kier molecular flexibility index (Phi) is 6.92. The fourth-order valence-corrected chi connectivity index (χ4v) is 2.40. The molecule has 1 fully saturated rings. The molecule has 0 radical (unpaired) electrons. The summed E-state index contributed by atoms with van der Waals surface area (Å²) >= 11 is 6.18. The van der Waals surface area contributed by atoms with Crippen molar-refractivity contribution in [3.63, 3.8) is 0 Å². The van der Waals surface area contributed by atoms with Gasteiger partial charge < -0.3 is 20.5 Å². The molecule has 23 heavy (non-hydrogen) atoms. The van der Waals surface area contributed by atoms with Crippen molar-refractivity contribution in [2.24, 2.45) is 16.6 Å². The van der Waals surface area contributed by atoms with Crippen molar-refractivity contribution in [1.29, 1.82) is 0 Å². The van der Waals surface area contributed by atoms with Crippen LogP contribution in [-0.4, -0.2) is 36.8 Å². The molecule has 0 saturated carbocycles. The fraction of sp³-hybridized carbons (Fsp3) is 0.625. The number of rotatable bonds is 7. The van der Waals surface area contributed by atoms with Crippen molar-refractivity contribution in [1.82, 2.24) is 10.3 Å². The molecule has 2 heterocycles. The van der Waals surface area contributed by atoms with E-state index in [1.54, 1.807) is 12.3 Å². The molecule has 1 aliphatic heterocycles. The van der Waals surface area contributed by atoms with Gasteiger partial charge in [0.05, 0.1) is 19.3 Å².